The predicted octanol–water partition coefficient (Wildman–Crippen LogP) is 2.31. The number of ether oxygens (including phenoxy) is 2. The summed E-state index contributed by atoms with van der Waals surface area (Å²) < 4.78 is 38.7. The van der Waals surface area contributed by atoms with Crippen molar-refractivity contribution < 1.29 is 23.0 Å². The molecule has 2 heterocycles. The lowest BCUT2D eigenvalue weighted by molar-refractivity contribution is -0.0553. The van der Waals surface area contributed by atoms with Crippen LogP contribution >= 0.6 is 0 Å². The number of aliphatic hydroxyl groups excluding tert-OH is 1. The highest BCUT2D eigenvalue weighted by Crippen LogP contribution is 2.42. The van der Waals surface area contributed by atoms with Crippen molar-refractivity contribution in [1.82, 2.24) is 9.21 Å². The first-order chi connectivity index (χ1) is 16.5. The summed E-state index contributed by atoms with van der Waals surface area (Å²) in [5.74, 6) is 6.70. The summed E-state index contributed by atoms with van der Waals surface area (Å²) in [6, 6.07) is 14.6. The molecule has 0 amide bonds. The molecule has 8 heteroatoms. The Balaban J connectivity index is 1.58. The van der Waals surface area contributed by atoms with E-state index in [0.29, 0.717) is 25.4 Å². The first-order valence-corrected chi connectivity index (χ1v) is 13.0. The summed E-state index contributed by atoms with van der Waals surface area (Å²) in [5, 5.41) is 10.1. The van der Waals surface area contributed by atoms with Gasteiger partial charge in [0, 0.05) is 43.8 Å². The van der Waals surface area contributed by atoms with E-state index in [4.69, 9.17) is 9.47 Å². The Kier molecular flexibility index (Phi) is 7.91. The lowest BCUT2D eigenvalue weighted by atomic mass is 9.74. The van der Waals surface area contributed by atoms with E-state index in [1.807, 2.05) is 24.3 Å². The molecule has 2 aromatic carbocycles. The van der Waals surface area contributed by atoms with E-state index in [1.165, 1.54) is 0 Å². The normalized spacial score (nSPS) is 23.6. The number of rotatable bonds is 6. The van der Waals surface area contributed by atoms with Crippen LogP contribution in [0.4, 0.5) is 0 Å². The van der Waals surface area contributed by atoms with E-state index in [9.17, 15) is 13.5 Å². The Bertz CT molecular complexity index is 1120. The molecule has 0 aromatic heterocycles. The van der Waals surface area contributed by atoms with Gasteiger partial charge in [0.1, 0.15) is 12.4 Å². The molecular weight excluding hydrogens is 452 g/mol. The third kappa shape index (κ3) is 4.99. The molecule has 0 radical (unpaired) electrons. The maximum Gasteiger partial charge on any atom is 0.243 e. The fraction of sp³-hybridized carbons (Fsp3) is 0.462. The van der Waals surface area contributed by atoms with Crippen molar-refractivity contribution in [2.75, 3.05) is 47.1 Å². The second-order valence-corrected chi connectivity index (χ2v) is 10.6. The highest BCUT2D eigenvalue weighted by molar-refractivity contribution is 7.89. The van der Waals surface area contributed by atoms with Crippen LogP contribution in [-0.2, 0) is 14.8 Å². The molecule has 0 spiro atoms. The van der Waals surface area contributed by atoms with Crippen LogP contribution in [0.5, 0.6) is 5.75 Å². The lowest BCUT2D eigenvalue weighted by Crippen LogP contribution is -2.67. The smallest absolute Gasteiger partial charge is 0.243 e. The van der Waals surface area contributed by atoms with E-state index in [1.54, 1.807) is 42.8 Å². The van der Waals surface area contributed by atoms with Crippen molar-refractivity contribution in [3.8, 4) is 17.6 Å². The molecule has 3 atom stereocenters. The van der Waals surface area contributed by atoms with Gasteiger partial charge in [-0.3, -0.25) is 4.90 Å². The van der Waals surface area contributed by atoms with Crippen molar-refractivity contribution >= 4 is 10.0 Å². The van der Waals surface area contributed by atoms with Crippen molar-refractivity contribution in [2.24, 2.45) is 0 Å². The topological polar surface area (TPSA) is 79.3 Å². The minimum atomic E-state index is -3.64. The molecule has 2 aliphatic heterocycles. The zero-order chi connectivity index (χ0) is 24.1. The number of aliphatic hydroxyl groups is 1. The van der Waals surface area contributed by atoms with E-state index in [2.05, 4.69) is 16.7 Å². The first kappa shape index (κ1) is 24.7. The Morgan fingerprint density at radius 1 is 1.03 bits per heavy atom. The van der Waals surface area contributed by atoms with Gasteiger partial charge in [0.2, 0.25) is 10.0 Å². The number of fused-ring (bicyclic) bond motifs is 1. The van der Waals surface area contributed by atoms with Crippen LogP contribution in [0.3, 0.4) is 0 Å². The number of methoxy groups -OCH3 is 2. The van der Waals surface area contributed by atoms with E-state index in [-0.39, 0.29) is 29.5 Å². The third-order valence-corrected chi connectivity index (χ3v) is 8.65. The maximum atomic E-state index is 13.5. The number of nitrogens with zero attached hydrogens (tertiary/aromatic N) is 2. The van der Waals surface area contributed by atoms with Crippen molar-refractivity contribution in [3.05, 3.63) is 59.7 Å². The van der Waals surface area contributed by atoms with Crippen LogP contribution in [0.25, 0.3) is 0 Å². The van der Waals surface area contributed by atoms with Crippen LogP contribution in [0.2, 0.25) is 0 Å². The molecule has 0 unspecified atom stereocenters. The van der Waals surface area contributed by atoms with Gasteiger partial charge in [-0.1, -0.05) is 24.0 Å². The van der Waals surface area contributed by atoms with Crippen molar-refractivity contribution in [3.63, 3.8) is 0 Å². The van der Waals surface area contributed by atoms with Crippen LogP contribution in [-0.4, -0.2) is 81.9 Å². The standard InChI is InChI=1S/C26H32N2O5S/c1-32-17-5-6-20-7-9-21(10-8-20)26-24-18-27(15-3-4-16-28(24)25(26)19-29)34(30,31)23-13-11-22(33-2)12-14-23/h7-14,24-26,29H,3-4,15-19H2,1-2H3/t24-,25-,26+/m1/s1. The molecule has 7 nitrogen and oxygen atoms in total. The zero-order valence-electron chi connectivity index (χ0n) is 19.7. The van der Waals surface area contributed by atoms with Gasteiger partial charge in [-0.05, 0) is 61.3 Å². The number of sulfonamides is 1. The molecule has 182 valence electrons. The summed E-state index contributed by atoms with van der Waals surface area (Å²) in [7, 11) is -0.468. The molecule has 4 rings (SSSR count). The Morgan fingerprint density at radius 2 is 1.74 bits per heavy atom. The quantitative estimate of drug-likeness (QED) is 0.634. The van der Waals surface area contributed by atoms with Crippen LogP contribution in [0.15, 0.2) is 53.4 Å². The highest BCUT2D eigenvalue weighted by Gasteiger charge is 2.50. The monoisotopic (exact) mass is 484 g/mol. The van der Waals surface area contributed by atoms with Gasteiger partial charge in [0.15, 0.2) is 0 Å². The molecule has 2 fully saturated rings. The Morgan fingerprint density at radius 3 is 2.38 bits per heavy atom. The Labute approximate surface area is 202 Å². The van der Waals surface area contributed by atoms with Crippen LogP contribution in [0.1, 0.15) is 29.9 Å². The number of hydrogen-bond donors (Lipinski definition) is 1. The predicted molar refractivity (Wildman–Crippen MR) is 130 cm³/mol. The van der Waals surface area contributed by atoms with E-state index in [0.717, 1.165) is 30.5 Å². The van der Waals surface area contributed by atoms with Gasteiger partial charge in [0.05, 0.1) is 18.6 Å². The summed E-state index contributed by atoms with van der Waals surface area (Å²) in [5.41, 5.74) is 2.00. The van der Waals surface area contributed by atoms with Crippen LogP contribution < -0.4 is 4.74 Å². The molecule has 2 saturated heterocycles. The summed E-state index contributed by atoms with van der Waals surface area (Å²) >= 11 is 0. The minimum Gasteiger partial charge on any atom is -0.497 e. The van der Waals surface area contributed by atoms with Gasteiger partial charge >= 0.3 is 0 Å². The Hall–Kier alpha value is -2.41. The molecule has 1 N–H and O–H groups in total. The van der Waals surface area contributed by atoms with Gasteiger partial charge < -0.3 is 14.6 Å². The summed E-state index contributed by atoms with van der Waals surface area (Å²) in [6.45, 7) is 2.17. The van der Waals surface area contributed by atoms with Crippen molar-refractivity contribution in [2.45, 2.75) is 35.7 Å². The molecule has 2 aromatic rings. The van der Waals surface area contributed by atoms with E-state index >= 15 is 0 Å². The SMILES string of the molecule is COCC#Cc1ccc([C@@H]2[C@@H](CO)N3CCCCN(S(=O)(=O)c4ccc(OC)cc4)C[C@H]23)cc1. The van der Waals surface area contributed by atoms with Crippen molar-refractivity contribution in [1.29, 1.82) is 0 Å². The number of benzene rings is 2. The van der Waals surface area contributed by atoms with Crippen LogP contribution in [0, 0.1) is 11.8 Å². The molecule has 2 aliphatic rings. The molecule has 0 saturated carbocycles. The fourth-order valence-corrected chi connectivity index (χ4v) is 6.52. The average Bonchev–Trinajstić information content (AvgIpc) is 2.84. The van der Waals surface area contributed by atoms with E-state index < -0.39 is 10.0 Å². The third-order valence-electron chi connectivity index (χ3n) is 6.77. The molecular formula is C26H32N2O5S. The van der Waals surface area contributed by atoms with Gasteiger partial charge in [-0.2, -0.15) is 4.31 Å². The molecule has 0 aliphatic carbocycles. The molecule has 34 heavy (non-hydrogen) atoms. The molecule has 0 bridgehead atoms. The second-order valence-electron chi connectivity index (χ2n) is 8.68. The first-order valence-electron chi connectivity index (χ1n) is 11.6. The zero-order valence-corrected chi connectivity index (χ0v) is 20.5. The maximum absolute atomic E-state index is 13.5. The second kappa shape index (κ2) is 10.9. The number of hydrogen-bond acceptors (Lipinski definition) is 6. The fourth-order valence-electron chi connectivity index (χ4n) is 5.02. The van der Waals surface area contributed by atoms with Gasteiger partial charge in [-0.15, -0.1) is 0 Å². The van der Waals surface area contributed by atoms with Gasteiger partial charge in [0.25, 0.3) is 0 Å². The summed E-state index contributed by atoms with van der Waals surface area (Å²) in [6.07, 6.45) is 1.68. The largest absolute Gasteiger partial charge is 0.497 e. The van der Waals surface area contributed by atoms with Gasteiger partial charge in [-0.25, -0.2) is 8.42 Å². The average molecular weight is 485 g/mol. The highest BCUT2D eigenvalue weighted by atomic mass is 32.2. The lowest BCUT2D eigenvalue weighted by Gasteiger charge is -2.57. The summed E-state index contributed by atoms with van der Waals surface area (Å²) in [4.78, 5) is 2.54. The minimum absolute atomic E-state index is 0.0101.